The summed E-state index contributed by atoms with van der Waals surface area (Å²) in [6.07, 6.45) is 5.81. The maximum absolute atomic E-state index is 13.3. The number of hydrogen-bond donors (Lipinski definition) is 3. The monoisotopic (exact) mass is 476 g/mol. The Morgan fingerprint density at radius 3 is 2.31 bits per heavy atom. The molecule has 1 amide bonds. The van der Waals surface area contributed by atoms with E-state index in [0.29, 0.717) is 18.9 Å². The van der Waals surface area contributed by atoms with Gasteiger partial charge in [-0.2, -0.15) is 0 Å². The van der Waals surface area contributed by atoms with Gasteiger partial charge in [0.05, 0.1) is 6.04 Å². The van der Waals surface area contributed by atoms with Crippen molar-refractivity contribution in [3.8, 4) is 0 Å². The van der Waals surface area contributed by atoms with E-state index < -0.39 is 0 Å². The molecule has 0 radical (unpaired) electrons. The standard InChI is InChI=1S/C30H44N4O/c1-5-23(6-2)20-32-29(19-26-21-33-28-16-12-11-15-27(26)28)30(35)31-18-17-24-13-9-10-14-25(24)22-34(7-3)8-4/h9-16,21,23,29,32-33H,5-8,17-20,22H2,1-4H3,(H,31,35)/t29-/m1/s1. The van der Waals surface area contributed by atoms with E-state index in [0.717, 1.165) is 51.0 Å². The predicted molar refractivity (Wildman–Crippen MR) is 148 cm³/mol. The normalized spacial score (nSPS) is 12.5. The fraction of sp³-hybridized carbons (Fsp3) is 0.500. The van der Waals surface area contributed by atoms with E-state index in [1.807, 2.05) is 12.3 Å². The summed E-state index contributed by atoms with van der Waals surface area (Å²) in [5, 5.41) is 8.02. The van der Waals surface area contributed by atoms with Crippen LogP contribution in [-0.4, -0.2) is 48.0 Å². The summed E-state index contributed by atoms with van der Waals surface area (Å²) in [5.74, 6) is 0.669. The van der Waals surface area contributed by atoms with Gasteiger partial charge in [-0.1, -0.05) is 83.0 Å². The molecule has 0 bridgehead atoms. The van der Waals surface area contributed by atoms with Gasteiger partial charge in [-0.15, -0.1) is 0 Å². The van der Waals surface area contributed by atoms with Gasteiger partial charge in [0.2, 0.25) is 5.91 Å². The molecular weight excluding hydrogens is 432 g/mol. The fourth-order valence-corrected chi connectivity index (χ4v) is 4.75. The number of carbonyl (C=O) groups excluding carboxylic acids is 1. The molecule has 1 atom stereocenters. The molecule has 0 aliphatic carbocycles. The molecule has 5 heteroatoms. The number of aromatic amines is 1. The smallest absolute Gasteiger partial charge is 0.237 e. The van der Waals surface area contributed by atoms with E-state index in [1.165, 1.54) is 22.1 Å². The summed E-state index contributed by atoms with van der Waals surface area (Å²) in [6.45, 7) is 13.4. The van der Waals surface area contributed by atoms with E-state index >= 15 is 0 Å². The van der Waals surface area contributed by atoms with Crippen LogP contribution in [0.1, 0.15) is 57.2 Å². The average molecular weight is 477 g/mol. The van der Waals surface area contributed by atoms with Crippen LogP contribution in [0.4, 0.5) is 0 Å². The van der Waals surface area contributed by atoms with Crippen LogP contribution in [0.3, 0.4) is 0 Å². The summed E-state index contributed by atoms with van der Waals surface area (Å²) in [4.78, 5) is 19.1. The third kappa shape index (κ3) is 7.68. The number of nitrogens with zero attached hydrogens (tertiary/aromatic N) is 1. The van der Waals surface area contributed by atoms with Crippen molar-refractivity contribution in [3.63, 3.8) is 0 Å². The zero-order valence-corrected chi connectivity index (χ0v) is 22.1. The molecule has 1 aromatic heterocycles. The van der Waals surface area contributed by atoms with Gasteiger partial charge in [-0.05, 0) is 61.2 Å². The van der Waals surface area contributed by atoms with Crippen LogP contribution < -0.4 is 10.6 Å². The number of benzene rings is 2. The molecule has 0 spiro atoms. The van der Waals surface area contributed by atoms with Crippen molar-refractivity contribution in [3.05, 3.63) is 71.4 Å². The molecule has 2 aromatic carbocycles. The van der Waals surface area contributed by atoms with Gasteiger partial charge >= 0.3 is 0 Å². The molecule has 3 aromatic rings. The van der Waals surface area contributed by atoms with Gasteiger partial charge in [0.25, 0.3) is 0 Å². The lowest BCUT2D eigenvalue weighted by molar-refractivity contribution is -0.123. The second-order valence-corrected chi connectivity index (χ2v) is 9.48. The molecular formula is C30H44N4O. The largest absolute Gasteiger partial charge is 0.361 e. The first-order valence-corrected chi connectivity index (χ1v) is 13.4. The first kappa shape index (κ1) is 27.0. The van der Waals surface area contributed by atoms with E-state index in [4.69, 9.17) is 0 Å². The molecule has 190 valence electrons. The molecule has 1 heterocycles. The number of hydrogen-bond acceptors (Lipinski definition) is 3. The van der Waals surface area contributed by atoms with E-state index in [-0.39, 0.29) is 11.9 Å². The Morgan fingerprint density at radius 2 is 1.60 bits per heavy atom. The van der Waals surface area contributed by atoms with Crippen molar-refractivity contribution < 1.29 is 4.79 Å². The SMILES string of the molecule is CCC(CC)CN[C@H](Cc1c[nH]c2ccccc12)C(=O)NCCc1ccccc1CN(CC)CC. The number of nitrogens with one attached hydrogen (secondary N) is 3. The van der Waals surface area contributed by atoms with Crippen LogP contribution in [0.15, 0.2) is 54.7 Å². The Kier molecular flexibility index (Phi) is 10.8. The van der Waals surface area contributed by atoms with Crippen LogP contribution >= 0.6 is 0 Å². The number of fused-ring (bicyclic) bond motifs is 1. The summed E-state index contributed by atoms with van der Waals surface area (Å²) in [5.41, 5.74) is 4.97. The highest BCUT2D eigenvalue weighted by Gasteiger charge is 2.21. The summed E-state index contributed by atoms with van der Waals surface area (Å²) in [7, 11) is 0. The minimum Gasteiger partial charge on any atom is -0.361 e. The van der Waals surface area contributed by atoms with Crippen molar-refractivity contribution in [2.24, 2.45) is 5.92 Å². The van der Waals surface area contributed by atoms with Crippen molar-refractivity contribution >= 4 is 16.8 Å². The van der Waals surface area contributed by atoms with E-state index in [1.54, 1.807) is 0 Å². The molecule has 0 saturated heterocycles. The molecule has 0 aliphatic rings. The minimum atomic E-state index is -0.249. The Bertz CT molecular complexity index is 1040. The number of rotatable bonds is 15. The molecule has 0 unspecified atom stereocenters. The summed E-state index contributed by atoms with van der Waals surface area (Å²) in [6, 6.07) is 16.7. The van der Waals surface area contributed by atoms with Gasteiger partial charge in [0, 0.05) is 30.2 Å². The lowest BCUT2D eigenvalue weighted by Gasteiger charge is -2.22. The number of amides is 1. The minimum absolute atomic E-state index is 0.0856. The second-order valence-electron chi connectivity index (χ2n) is 9.48. The highest BCUT2D eigenvalue weighted by atomic mass is 16.2. The lowest BCUT2D eigenvalue weighted by Crippen LogP contribution is -2.47. The maximum atomic E-state index is 13.3. The van der Waals surface area contributed by atoms with Crippen LogP contribution in [0.2, 0.25) is 0 Å². The van der Waals surface area contributed by atoms with Crippen molar-refractivity contribution in [2.45, 2.75) is 66.0 Å². The van der Waals surface area contributed by atoms with Crippen LogP contribution in [-0.2, 0) is 24.2 Å². The zero-order valence-electron chi connectivity index (χ0n) is 22.1. The Balaban J connectivity index is 1.65. The average Bonchev–Trinajstić information content (AvgIpc) is 3.30. The predicted octanol–water partition coefficient (Wildman–Crippen LogP) is 5.31. The maximum Gasteiger partial charge on any atom is 0.237 e. The van der Waals surface area contributed by atoms with E-state index in [9.17, 15) is 4.79 Å². The van der Waals surface area contributed by atoms with Gasteiger partial charge < -0.3 is 15.6 Å². The number of carbonyl (C=O) groups is 1. The molecule has 3 rings (SSSR count). The Hall–Kier alpha value is -2.63. The first-order valence-electron chi connectivity index (χ1n) is 13.4. The molecule has 35 heavy (non-hydrogen) atoms. The number of para-hydroxylation sites is 1. The summed E-state index contributed by atoms with van der Waals surface area (Å²) < 4.78 is 0. The first-order chi connectivity index (χ1) is 17.1. The highest BCUT2D eigenvalue weighted by molar-refractivity contribution is 5.86. The zero-order chi connectivity index (χ0) is 25.0. The van der Waals surface area contributed by atoms with Gasteiger partial charge in [-0.3, -0.25) is 9.69 Å². The molecule has 0 saturated carbocycles. The van der Waals surface area contributed by atoms with Gasteiger partial charge in [0.15, 0.2) is 0 Å². The molecule has 0 aliphatic heterocycles. The lowest BCUT2D eigenvalue weighted by atomic mass is 10.0. The molecule has 3 N–H and O–H groups in total. The Morgan fingerprint density at radius 1 is 0.914 bits per heavy atom. The van der Waals surface area contributed by atoms with Gasteiger partial charge in [-0.25, -0.2) is 0 Å². The fourth-order valence-electron chi connectivity index (χ4n) is 4.75. The third-order valence-electron chi connectivity index (χ3n) is 7.32. The Labute approximate surface area is 211 Å². The highest BCUT2D eigenvalue weighted by Crippen LogP contribution is 2.19. The van der Waals surface area contributed by atoms with Crippen LogP contribution in [0, 0.1) is 5.92 Å². The third-order valence-corrected chi connectivity index (χ3v) is 7.32. The molecule has 5 nitrogen and oxygen atoms in total. The van der Waals surface area contributed by atoms with Crippen molar-refractivity contribution in [1.29, 1.82) is 0 Å². The van der Waals surface area contributed by atoms with Crippen molar-refractivity contribution in [2.75, 3.05) is 26.2 Å². The quantitative estimate of drug-likeness (QED) is 0.279. The van der Waals surface area contributed by atoms with Crippen molar-refractivity contribution in [1.82, 2.24) is 20.5 Å². The second kappa shape index (κ2) is 14.1. The van der Waals surface area contributed by atoms with E-state index in [2.05, 4.69) is 90.7 Å². The van der Waals surface area contributed by atoms with Gasteiger partial charge in [0.1, 0.15) is 0 Å². The molecule has 0 fully saturated rings. The van der Waals surface area contributed by atoms with Crippen LogP contribution in [0.25, 0.3) is 10.9 Å². The number of aromatic nitrogens is 1. The summed E-state index contributed by atoms with van der Waals surface area (Å²) >= 11 is 0. The topological polar surface area (TPSA) is 60.2 Å². The number of H-pyrrole nitrogens is 1. The van der Waals surface area contributed by atoms with Crippen LogP contribution in [0.5, 0.6) is 0 Å².